The summed E-state index contributed by atoms with van der Waals surface area (Å²) in [6, 6.07) is 0.109. The third-order valence-corrected chi connectivity index (χ3v) is 4.74. The maximum absolute atomic E-state index is 12.4. The minimum atomic E-state index is 0. The zero-order valence-corrected chi connectivity index (χ0v) is 15.9. The summed E-state index contributed by atoms with van der Waals surface area (Å²) in [5, 5.41) is 7.22. The van der Waals surface area contributed by atoms with Gasteiger partial charge in [-0.25, -0.2) is 0 Å². The first kappa shape index (κ1) is 21.2. The van der Waals surface area contributed by atoms with Crippen LogP contribution in [0.3, 0.4) is 0 Å². The SMILES string of the molecule is CCc1noc(C(C)N2CCN(C(=O)C3CCNC3)CC2)n1.Cl.Cl. The van der Waals surface area contributed by atoms with Gasteiger partial charge in [-0.15, -0.1) is 24.8 Å². The van der Waals surface area contributed by atoms with E-state index in [1.54, 1.807) is 0 Å². The summed E-state index contributed by atoms with van der Waals surface area (Å²) in [5.41, 5.74) is 0. The van der Waals surface area contributed by atoms with E-state index in [2.05, 4.69) is 27.3 Å². The summed E-state index contributed by atoms with van der Waals surface area (Å²) in [7, 11) is 0. The lowest BCUT2D eigenvalue weighted by molar-refractivity contribution is -0.137. The number of aromatic nitrogens is 2. The molecule has 2 atom stereocenters. The molecule has 0 bridgehead atoms. The van der Waals surface area contributed by atoms with Gasteiger partial charge in [0.05, 0.1) is 12.0 Å². The molecular formula is C15H27Cl2N5O2. The monoisotopic (exact) mass is 379 g/mol. The Morgan fingerprint density at radius 2 is 2.04 bits per heavy atom. The number of rotatable bonds is 4. The van der Waals surface area contributed by atoms with Crippen molar-refractivity contribution in [3.8, 4) is 0 Å². The molecule has 9 heteroatoms. The van der Waals surface area contributed by atoms with Gasteiger partial charge in [0.15, 0.2) is 5.82 Å². The summed E-state index contributed by atoms with van der Waals surface area (Å²) in [5.74, 6) is 1.91. The number of carbonyl (C=O) groups excluding carboxylic acids is 1. The summed E-state index contributed by atoms with van der Waals surface area (Å²) < 4.78 is 5.33. The predicted molar refractivity (Wildman–Crippen MR) is 95.7 cm³/mol. The van der Waals surface area contributed by atoms with Gasteiger partial charge in [0.25, 0.3) is 0 Å². The first-order valence-electron chi connectivity index (χ1n) is 8.25. The van der Waals surface area contributed by atoms with Crippen LogP contribution in [0.15, 0.2) is 4.52 Å². The number of amides is 1. The second-order valence-corrected chi connectivity index (χ2v) is 6.13. The number of nitrogens with one attached hydrogen (secondary N) is 1. The number of carbonyl (C=O) groups is 1. The van der Waals surface area contributed by atoms with Crippen molar-refractivity contribution in [3.05, 3.63) is 11.7 Å². The van der Waals surface area contributed by atoms with Crippen molar-refractivity contribution in [2.45, 2.75) is 32.7 Å². The second-order valence-electron chi connectivity index (χ2n) is 6.13. The van der Waals surface area contributed by atoms with E-state index in [1.165, 1.54) is 0 Å². The Balaban J connectivity index is 0.00000144. The van der Waals surface area contributed by atoms with E-state index in [1.807, 2.05) is 11.8 Å². The zero-order chi connectivity index (χ0) is 15.5. The summed E-state index contributed by atoms with van der Waals surface area (Å²) in [6.45, 7) is 9.19. The lowest BCUT2D eigenvalue weighted by atomic mass is 10.1. The third kappa shape index (κ3) is 4.59. The number of halogens is 2. The second kappa shape index (κ2) is 9.56. The van der Waals surface area contributed by atoms with Gasteiger partial charge >= 0.3 is 0 Å². The lowest BCUT2D eigenvalue weighted by Crippen LogP contribution is -2.51. The minimum Gasteiger partial charge on any atom is -0.340 e. The maximum Gasteiger partial charge on any atom is 0.243 e. The van der Waals surface area contributed by atoms with Crippen LogP contribution in [0.25, 0.3) is 0 Å². The fourth-order valence-corrected chi connectivity index (χ4v) is 3.19. The highest BCUT2D eigenvalue weighted by Gasteiger charge is 2.31. The Kier molecular flexibility index (Phi) is 8.42. The predicted octanol–water partition coefficient (Wildman–Crippen LogP) is 1.29. The molecule has 138 valence electrons. The van der Waals surface area contributed by atoms with Gasteiger partial charge < -0.3 is 14.7 Å². The molecule has 2 fully saturated rings. The molecular weight excluding hydrogens is 353 g/mol. The topological polar surface area (TPSA) is 74.5 Å². The molecule has 2 aliphatic heterocycles. The first-order chi connectivity index (χ1) is 10.7. The molecule has 0 saturated carbocycles. The Morgan fingerprint density at radius 3 is 2.58 bits per heavy atom. The molecule has 0 radical (unpaired) electrons. The summed E-state index contributed by atoms with van der Waals surface area (Å²) >= 11 is 0. The fourth-order valence-electron chi connectivity index (χ4n) is 3.19. The molecule has 3 rings (SSSR count). The molecule has 0 aliphatic carbocycles. The van der Waals surface area contributed by atoms with E-state index in [-0.39, 0.29) is 36.8 Å². The van der Waals surface area contributed by atoms with E-state index >= 15 is 0 Å². The molecule has 3 heterocycles. The normalized spacial score (nSPS) is 22.6. The van der Waals surface area contributed by atoms with Crippen LogP contribution in [0.1, 0.15) is 38.0 Å². The van der Waals surface area contributed by atoms with E-state index in [9.17, 15) is 4.79 Å². The third-order valence-electron chi connectivity index (χ3n) is 4.74. The largest absolute Gasteiger partial charge is 0.340 e. The molecule has 24 heavy (non-hydrogen) atoms. The van der Waals surface area contributed by atoms with Gasteiger partial charge in [-0.05, 0) is 19.9 Å². The molecule has 1 N–H and O–H groups in total. The Hall–Kier alpha value is -0.890. The van der Waals surface area contributed by atoms with Crippen LogP contribution >= 0.6 is 24.8 Å². The van der Waals surface area contributed by atoms with Gasteiger partial charge in [-0.2, -0.15) is 4.98 Å². The highest BCUT2D eigenvalue weighted by Crippen LogP contribution is 2.21. The van der Waals surface area contributed by atoms with Crippen LogP contribution < -0.4 is 5.32 Å². The number of hydrogen-bond donors (Lipinski definition) is 1. The van der Waals surface area contributed by atoms with Crippen molar-refractivity contribution >= 4 is 30.7 Å². The zero-order valence-electron chi connectivity index (χ0n) is 14.2. The van der Waals surface area contributed by atoms with Crippen LogP contribution in [-0.4, -0.2) is 65.1 Å². The van der Waals surface area contributed by atoms with Crippen molar-refractivity contribution < 1.29 is 9.32 Å². The Morgan fingerprint density at radius 1 is 1.33 bits per heavy atom. The molecule has 1 aromatic heterocycles. The summed E-state index contributed by atoms with van der Waals surface area (Å²) in [6.07, 6.45) is 1.76. The first-order valence-corrected chi connectivity index (χ1v) is 8.25. The number of piperazine rings is 1. The highest BCUT2D eigenvalue weighted by atomic mass is 35.5. The molecule has 2 saturated heterocycles. The number of nitrogens with zero attached hydrogens (tertiary/aromatic N) is 4. The highest BCUT2D eigenvalue weighted by molar-refractivity contribution is 5.85. The van der Waals surface area contributed by atoms with Crippen molar-refractivity contribution in [3.63, 3.8) is 0 Å². The fraction of sp³-hybridized carbons (Fsp3) is 0.800. The van der Waals surface area contributed by atoms with Crippen LogP contribution in [-0.2, 0) is 11.2 Å². The molecule has 1 aromatic rings. The molecule has 2 unspecified atom stereocenters. The van der Waals surface area contributed by atoms with E-state index in [0.717, 1.165) is 57.9 Å². The van der Waals surface area contributed by atoms with Crippen molar-refractivity contribution in [2.24, 2.45) is 5.92 Å². The quantitative estimate of drug-likeness (QED) is 0.849. The average molecular weight is 380 g/mol. The molecule has 7 nitrogen and oxygen atoms in total. The van der Waals surface area contributed by atoms with Crippen molar-refractivity contribution in [2.75, 3.05) is 39.3 Å². The van der Waals surface area contributed by atoms with Crippen LogP contribution in [0.2, 0.25) is 0 Å². The van der Waals surface area contributed by atoms with Gasteiger partial charge in [0, 0.05) is 39.1 Å². The Labute approximate surface area is 155 Å². The molecule has 0 aromatic carbocycles. The van der Waals surface area contributed by atoms with Crippen molar-refractivity contribution in [1.82, 2.24) is 25.3 Å². The van der Waals surface area contributed by atoms with Gasteiger partial charge in [-0.3, -0.25) is 9.69 Å². The van der Waals surface area contributed by atoms with Gasteiger partial charge in [0.2, 0.25) is 11.8 Å². The average Bonchev–Trinajstić information content (AvgIpc) is 3.25. The smallest absolute Gasteiger partial charge is 0.243 e. The van der Waals surface area contributed by atoms with E-state index in [4.69, 9.17) is 4.52 Å². The van der Waals surface area contributed by atoms with Crippen LogP contribution in [0.5, 0.6) is 0 Å². The molecule has 1 amide bonds. The lowest BCUT2D eigenvalue weighted by Gasteiger charge is -2.37. The van der Waals surface area contributed by atoms with E-state index < -0.39 is 0 Å². The Bertz CT molecular complexity index is 514. The van der Waals surface area contributed by atoms with Gasteiger partial charge in [0.1, 0.15) is 0 Å². The molecule has 2 aliphatic rings. The van der Waals surface area contributed by atoms with Gasteiger partial charge in [-0.1, -0.05) is 12.1 Å². The number of hydrogen-bond acceptors (Lipinski definition) is 6. The standard InChI is InChI=1S/C15H25N5O2.2ClH/c1-3-13-17-14(22-18-13)11(2)19-6-8-20(9-7-19)15(21)12-4-5-16-10-12;;/h11-12,16H,3-10H2,1-2H3;2*1H. The minimum absolute atomic E-state index is 0. The number of aryl methyl sites for hydroxylation is 1. The summed E-state index contributed by atoms with van der Waals surface area (Å²) in [4.78, 5) is 21.1. The molecule has 0 spiro atoms. The van der Waals surface area contributed by atoms with Crippen LogP contribution in [0, 0.1) is 5.92 Å². The van der Waals surface area contributed by atoms with Crippen molar-refractivity contribution in [1.29, 1.82) is 0 Å². The van der Waals surface area contributed by atoms with Crippen LogP contribution in [0.4, 0.5) is 0 Å². The van der Waals surface area contributed by atoms with E-state index in [0.29, 0.717) is 11.8 Å². The maximum atomic E-state index is 12.4.